The van der Waals surface area contributed by atoms with Crippen LogP contribution in [0.25, 0.3) is 5.52 Å². The SMILES string of the molecule is NCCCc1ncc2c(N)cccn12. The van der Waals surface area contributed by atoms with E-state index in [0.717, 1.165) is 29.9 Å². The van der Waals surface area contributed by atoms with E-state index in [4.69, 9.17) is 11.5 Å². The molecule has 0 unspecified atom stereocenters. The predicted octanol–water partition coefficient (Wildman–Crippen LogP) is 0.808. The second kappa shape index (κ2) is 3.67. The summed E-state index contributed by atoms with van der Waals surface area (Å²) in [6, 6.07) is 3.81. The third-order valence-electron chi connectivity index (χ3n) is 2.28. The first-order chi connectivity index (χ1) is 6.83. The van der Waals surface area contributed by atoms with Gasteiger partial charge in [-0.25, -0.2) is 4.98 Å². The molecule has 0 aromatic carbocycles. The number of anilines is 1. The Morgan fingerprint density at radius 3 is 3.07 bits per heavy atom. The zero-order chi connectivity index (χ0) is 9.97. The number of hydrogen-bond donors (Lipinski definition) is 2. The van der Waals surface area contributed by atoms with Gasteiger partial charge in [-0.3, -0.25) is 0 Å². The number of nitrogens with two attached hydrogens (primary N) is 2. The number of rotatable bonds is 3. The number of imidazole rings is 1. The fraction of sp³-hybridized carbons (Fsp3) is 0.300. The van der Waals surface area contributed by atoms with Crippen molar-refractivity contribution in [2.75, 3.05) is 12.3 Å². The van der Waals surface area contributed by atoms with Crippen LogP contribution in [0.2, 0.25) is 0 Å². The molecular formula is C10H14N4. The van der Waals surface area contributed by atoms with Gasteiger partial charge in [0.05, 0.1) is 17.4 Å². The highest BCUT2D eigenvalue weighted by Gasteiger charge is 2.03. The topological polar surface area (TPSA) is 69.3 Å². The van der Waals surface area contributed by atoms with Crippen LogP contribution in [0.15, 0.2) is 24.5 Å². The highest BCUT2D eigenvalue weighted by Crippen LogP contribution is 2.14. The van der Waals surface area contributed by atoms with Crippen molar-refractivity contribution in [2.45, 2.75) is 12.8 Å². The van der Waals surface area contributed by atoms with Crippen LogP contribution >= 0.6 is 0 Å². The van der Waals surface area contributed by atoms with Gasteiger partial charge in [0.2, 0.25) is 0 Å². The maximum absolute atomic E-state index is 5.81. The fourth-order valence-electron chi connectivity index (χ4n) is 1.54. The molecule has 0 amide bonds. The van der Waals surface area contributed by atoms with Crippen LogP contribution in [0.3, 0.4) is 0 Å². The van der Waals surface area contributed by atoms with Crippen LogP contribution in [0, 0.1) is 0 Å². The van der Waals surface area contributed by atoms with Crippen molar-refractivity contribution in [2.24, 2.45) is 5.73 Å². The Kier molecular flexibility index (Phi) is 2.37. The molecule has 0 bridgehead atoms. The van der Waals surface area contributed by atoms with Crippen molar-refractivity contribution in [3.63, 3.8) is 0 Å². The van der Waals surface area contributed by atoms with Gasteiger partial charge in [0, 0.05) is 12.6 Å². The number of hydrogen-bond acceptors (Lipinski definition) is 3. The molecule has 74 valence electrons. The van der Waals surface area contributed by atoms with Gasteiger partial charge in [-0.2, -0.15) is 0 Å². The summed E-state index contributed by atoms with van der Waals surface area (Å²) in [6.07, 6.45) is 5.63. The van der Waals surface area contributed by atoms with Gasteiger partial charge in [0.25, 0.3) is 0 Å². The molecule has 0 atom stereocenters. The number of pyridine rings is 1. The van der Waals surface area contributed by atoms with Gasteiger partial charge in [0.1, 0.15) is 5.82 Å². The predicted molar refractivity (Wildman–Crippen MR) is 57.0 cm³/mol. The zero-order valence-electron chi connectivity index (χ0n) is 7.98. The second-order valence-corrected chi connectivity index (χ2v) is 3.29. The third-order valence-corrected chi connectivity index (χ3v) is 2.28. The lowest BCUT2D eigenvalue weighted by Gasteiger charge is -2.01. The monoisotopic (exact) mass is 190 g/mol. The molecule has 14 heavy (non-hydrogen) atoms. The Hall–Kier alpha value is -1.55. The van der Waals surface area contributed by atoms with E-state index in [9.17, 15) is 0 Å². The molecule has 4 N–H and O–H groups in total. The highest BCUT2D eigenvalue weighted by atomic mass is 15.0. The van der Waals surface area contributed by atoms with E-state index in [0.29, 0.717) is 6.54 Å². The first-order valence-electron chi connectivity index (χ1n) is 4.73. The molecule has 0 aliphatic rings. The number of aryl methyl sites for hydroxylation is 1. The summed E-state index contributed by atoms with van der Waals surface area (Å²) in [5.41, 5.74) is 13.0. The summed E-state index contributed by atoms with van der Waals surface area (Å²) < 4.78 is 2.02. The van der Waals surface area contributed by atoms with Gasteiger partial charge in [0.15, 0.2) is 0 Å². The highest BCUT2D eigenvalue weighted by molar-refractivity contribution is 5.68. The first kappa shape index (κ1) is 9.02. The average Bonchev–Trinajstić information content (AvgIpc) is 2.60. The van der Waals surface area contributed by atoms with Gasteiger partial charge in [-0.1, -0.05) is 0 Å². The van der Waals surface area contributed by atoms with E-state index in [1.807, 2.05) is 22.7 Å². The van der Waals surface area contributed by atoms with Crippen molar-refractivity contribution in [1.82, 2.24) is 9.38 Å². The molecule has 0 saturated carbocycles. The van der Waals surface area contributed by atoms with Crippen molar-refractivity contribution in [3.05, 3.63) is 30.4 Å². The minimum absolute atomic E-state index is 0.692. The van der Waals surface area contributed by atoms with Crippen molar-refractivity contribution >= 4 is 11.2 Å². The van der Waals surface area contributed by atoms with E-state index < -0.39 is 0 Å². The van der Waals surface area contributed by atoms with Crippen LogP contribution < -0.4 is 11.5 Å². The standard InChI is InChI=1S/C10H14N4/c11-5-1-4-10-13-7-9-8(12)3-2-6-14(9)10/h2-3,6-7H,1,4-5,11-12H2. The summed E-state index contributed by atoms with van der Waals surface area (Å²) in [5.74, 6) is 1.03. The molecule has 2 heterocycles. The normalized spacial score (nSPS) is 10.9. The molecule has 0 aliphatic heterocycles. The molecule has 2 aromatic rings. The Bertz CT molecular complexity index is 433. The van der Waals surface area contributed by atoms with Crippen LogP contribution in [-0.4, -0.2) is 15.9 Å². The van der Waals surface area contributed by atoms with Crippen LogP contribution in [-0.2, 0) is 6.42 Å². The Morgan fingerprint density at radius 1 is 1.43 bits per heavy atom. The first-order valence-corrected chi connectivity index (χ1v) is 4.73. The average molecular weight is 190 g/mol. The summed E-state index contributed by atoms with van der Waals surface area (Å²) in [4.78, 5) is 4.32. The van der Waals surface area contributed by atoms with Crippen LogP contribution in [0.4, 0.5) is 5.69 Å². The smallest absolute Gasteiger partial charge is 0.113 e. The minimum Gasteiger partial charge on any atom is -0.397 e. The molecule has 2 aromatic heterocycles. The van der Waals surface area contributed by atoms with E-state index >= 15 is 0 Å². The van der Waals surface area contributed by atoms with Gasteiger partial charge in [-0.15, -0.1) is 0 Å². The van der Waals surface area contributed by atoms with Gasteiger partial charge >= 0.3 is 0 Å². The van der Waals surface area contributed by atoms with Gasteiger partial charge in [-0.05, 0) is 25.1 Å². The van der Waals surface area contributed by atoms with E-state index in [1.54, 1.807) is 6.20 Å². The van der Waals surface area contributed by atoms with Crippen molar-refractivity contribution in [1.29, 1.82) is 0 Å². The Morgan fingerprint density at radius 2 is 2.29 bits per heavy atom. The lowest BCUT2D eigenvalue weighted by molar-refractivity contribution is 0.778. The maximum atomic E-state index is 5.81. The maximum Gasteiger partial charge on any atom is 0.113 e. The molecular weight excluding hydrogens is 176 g/mol. The Balaban J connectivity index is 2.42. The number of nitrogen functional groups attached to an aromatic ring is 1. The number of fused-ring (bicyclic) bond motifs is 1. The molecule has 2 rings (SSSR count). The summed E-state index contributed by atoms with van der Waals surface area (Å²) in [5, 5.41) is 0. The molecule has 0 radical (unpaired) electrons. The lowest BCUT2D eigenvalue weighted by atomic mass is 10.3. The van der Waals surface area contributed by atoms with Gasteiger partial charge < -0.3 is 15.9 Å². The molecule has 0 saturated heterocycles. The molecule has 0 spiro atoms. The van der Waals surface area contributed by atoms with Crippen LogP contribution in [0.5, 0.6) is 0 Å². The van der Waals surface area contributed by atoms with Crippen molar-refractivity contribution in [3.8, 4) is 0 Å². The quantitative estimate of drug-likeness (QED) is 0.752. The number of nitrogens with zero attached hydrogens (tertiary/aromatic N) is 2. The van der Waals surface area contributed by atoms with E-state index in [2.05, 4.69) is 4.98 Å². The Labute approximate surface area is 82.5 Å². The minimum atomic E-state index is 0.692. The summed E-state index contributed by atoms with van der Waals surface area (Å²) in [6.45, 7) is 0.692. The second-order valence-electron chi connectivity index (χ2n) is 3.29. The summed E-state index contributed by atoms with van der Waals surface area (Å²) >= 11 is 0. The molecule has 0 fully saturated rings. The molecule has 4 heteroatoms. The van der Waals surface area contributed by atoms with E-state index in [-0.39, 0.29) is 0 Å². The number of aromatic nitrogens is 2. The molecule has 0 aliphatic carbocycles. The van der Waals surface area contributed by atoms with E-state index in [1.165, 1.54) is 0 Å². The van der Waals surface area contributed by atoms with Crippen molar-refractivity contribution < 1.29 is 0 Å². The third kappa shape index (κ3) is 1.44. The lowest BCUT2D eigenvalue weighted by Crippen LogP contribution is -2.03. The molecule has 4 nitrogen and oxygen atoms in total. The summed E-state index contributed by atoms with van der Waals surface area (Å²) in [7, 11) is 0. The zero-order valence-corrected chi connectivity index (χ0v) is 7.98. The fourth-order valence-corrected chi connectivity index (χ4v) is 1.54. The largest absolute Gasteiger partial charge is 0.397 e. The van der Waals surface area contributed by atoms with Crippen LogP contribution in [0.1, 0.15) is 12.2 Å².